The van der Waals surface area contributed by atoms with Crippen molar-refractivity contribution < 1.29 is 31.9 Å². The van der Waals surface area contributed by atoms with E-state index in [9.17, 15) is 27.2 Å². The zero-order valence-corrected chi connectivity index (χ0v) is 13.1. The predicted molar refractivity (Wildman–Crippen MR) is 81.6 cm³/mol. The van der Waals surface area contributed by atoms with E-state index in [1.165, 1.54) is 55.5 Å². The second-order valence-corrected chi connectivity index (χ2v) is 5.31. The van der Waals surface area contributed by atoms with Crippen LogP contribution in [-0.4, -0.2) is 17.9 Å². The summed E-state index contributed by atoms with van der Waals surface area (Å²) in [5.41, 5.74) is 0.413. The topological polar surface area (TPSA) is 43.4 Å². The van der Waals surface area contributed by atoms with Crippen molar-refractivity contribution in [2.24, 2.45) is 0 Å². The van der Waals surface area contributed by atoms with Crippen molar-refractivity contribution in [3.8, 4) is 0 Å². The molecule has 7 heteroatoms. The molecule has 0 heterocycles. The van der Waals surface area contributed by atoms with E-state index in [2.05, 4.69) is 4.74 Å². The first-order valence-corrected chi connectivity index (χ1v) is 7.28. The lowest BCUT2D eigenvalue weighted by Gasteiger charge is -2.23. The van der Waals surface area contributed by atoms with E-state index >= 15 is 0 Å². The molecule has 25 heavy (non-hydrogen) atoms. The second kappa shape index (κ2) is 7.46. The van der Waals surface area contributed by atoms with Crippen molar-refractivity contribution in [3.63, 3.8) is 0 Å². The Hall–Kier alpha value is -2.70. The Morgan fingerprint density at radius 1 is 0.920 bits per heavy atom. The van der Waals surface area contributed by atoms with E-state index in [4.69, 9.17) is 0 Å². The smallest absolute Gasteiger partial charge is 0.447 e. The fourth-order valence-corrected chi connectivity index (χ4v) is 2.20. The number of benzene rings is 2. The summed E-state index contributed by atoms with van der Waals surface area (Å²) in [4.78, 5) is 22.4. The van der Waals surface area contributed by atoms with Crippen LogP contribution >= 0.6 is 0 Å². The summed E-state index contributed by atoms with van der Waals surface area (Å²) >= 11 is 0. The number of ketones is 1. The molecule has 0 saturated carbocycles. The fourth-order valence-electron chi connectivity index (χ4n) is 2.20. The van der Waals surface area contributed by atoms with E-state index in [0.29, 0.717) is 5.56 Å². The first-order chi connectivity index (χ1) is 11.7. The normalized spacial score (nSPS) is 13.8. The number of hydrogen-bond donors (Lipinski definition) is 0. The van der Waals surface area contributed by atoms with E-state index in [-0.39, 0.29) is 16.9 Å². The van der Waals surface area contributed by atoms with Gasteiger partial charge in [-0.15, -0.1) is 0 Å². The molecular formula is C18H14F4O3. The van der Waals surface area contributed by atoms with Crippen LogP contribution in [0.4, 0.5) is 17.6 Å². The fraction of sp³-hybridized carbons (Fsp3) is 0.222. The monoisotopic (exact) mass is 354 g/mol. The number of carbonyl (C=O) groups is 2. The first kappa shape index (κ1) is 18.6. The van der Waals surface area contributed by atoms with Gasteiger partial charge in [-0.25, -0.2) is 9.18 Å². The number of halogens is 4. The van der Waals surface area contributed by atoms with Gasteiger partial charge in [-0.05, 0) is 18.1 Å². The Labute approximate surface area is 141 Å². The molecule has 2 atom stereocenters. The van der Waals surface area contributed by atoms with Crippen LogP contribution < -0.4 is 0 Å². The number of hydrogen-bond acceptors (Lipinski definition) is 3. The maximum atomic E-state index is 14.8. The third-order valence-corrected chi connectivity index (χ3v) is 3.50. The number of esters is 1. The van der Waals surface area contributed by atoms with Crippen LogP contribution in [0.2, 0.25) is 0 Å². The van der Waals surface area contributed by atoms with E-state index in [0.717, 1.165) is 0 Å². The minimum atomic E-state index is -5.23. The SMILES string of the molecule is CC(=O)c1ccc([C@@H](F)[C@H](OC(=O)C(F)(F)F)c2ccccc2)cc1. The number of alkyl halides is 4. The summed E-state index contributed by atoms with van der Waals surface area (Å²) in [6.45, 7) is 1.33. The first-order valence-electron chi connectivity index (χ1n) is 7.28. The van der Waals surface area contributed by atoms with Crippen LogP contribution in [0.25, 0.3) is 0 Å². The van der Waals surface area contributed by atoms with Crippen molar-refractivity contribution in [2.75, 3.05) is 0 Å². The van der Waals surface area contributed by atoms with Crippen LogP contribution in [0.1, 0.15) is 40.7 Å². The molecule has 0 saturated heterocycles. The third kappa shape index (κ3) is 4.65. The lowest BCUT2D eigenvalue weighted by molar-refractivity contribution is -0.208. The second-order valence-electron chi connectivity index (χ2n) is 5.31. The van der Waals surface area contributed by atoms with Crippen LogP contribution in [-0.2, 0) is 9.53 Å². The molecule has 3 nitrogen and oxygen atoms in total. The van der Waals surface area contributed by atoms with Crippen LogP contribution in [0.15, 0.2) is 54.6 Å². The molecule has 0 aliphatic heterocycles. The highest BCUT2D eigenvalue weighted by Gasteiger charge is 2.44. The molecule has 0 N–H and O–H groups in total. The predicted octanol–water partition coefficient (Wildman–Crippen LogP) is 4.75. The number of rotatable bonds is 5. The van der Waals surface area contributed by atoms with Crippen LogP contribution in [0.5, 0.6) is 0 Å². The van der Waals surface area contributed by atoms with E-state index < -0.39 is 24.4 Å². The highest BCUT2D eigenvalue weighted by molar-refractivity contribution is 5.94. The Kier molecular flexibility index (Phi) is 5.56. The lowest BCUT2D eigenvalue weighted by Crippen LogP contribution is -2.28. The Morgan fingerprint density at radius 3 is 1.96 bits per heavy atom. The molecule has 132 valence electrons. The van der Waals surface area contributed by atoms with Gasteiger partial charge in [0.25, 0.3) is 0 Å². The van der Waals surface area contributed by atoms with Crippen molar-refractivity contribution in [3.05, 3.63) is 71.3 Å². The number of ether oxygens (including phenoxy) is 1. The summed E-state index contributed by atoms with van der Waals surface area (Å²) < 4.78 is 56.7. The van der Waals surface area contributed by atoms with Crippen LogP contribution in [0.3, 0.4) is 0 Å². The molecule has 0 bridgehead atoms. The highest BCUT2D eigenvalue weighted by atomic mass is 19.4. The molecule has 0 spiro atoms. The number of Topliss-reactive ketones (excluding diaryl/α,β-unsaturated/α-hetero) is 1. The molecular weight excluding hydrogens is 340 g/mol. The van der Waals surface area contributed by atoms with Gasteiger partial charge in [0.1, 0.15) is 0 Å². The zero-order valence-electron chi connectivity index (χ0n) is 13.1. The van der Waals surface area contributed by atoms with Gasteiger partial charge in [0.2, 0.25) is 0 Å². The van der Waals surface area contributed by atoms with Gasteiger partial charge in [0.15, 0.2) is 18.1 Å². The lowest BCUT2D eigenvalue weighted by atomic mass is 9.98. The molecule has 2 aromatic rings. The summed E-state index contributed by atoms with van der Waals surface area (Å²) in [6.07, 6.45) is -9.03. The van der Waals surface area contributed by atoms with Gasteiger partial charge in [0.05, 0.1) is 0 Å². The highest BCUT2D eigenvalue weighted by Crippen LogP contribution is 2.37. The van der Waals surface area contributed by atoms with Gasteiger partial charge >= 0.3 is 12.1 Å². The largest absolute Gasteiger partial charge is 0.490 e. The molecule has 0 aromatic heterocycles. The van der Waals surface area contributed by atoms with Crippen molar-refractivity contribution in [1.29, 1.82) is 0 Å². The molecule has 0 unspecified atom stereocenters. The van der Waals surface area contributed by atoms with Crippen molar-refractivity contribution >= 4 is 11.8 Å². The van der Waals surface area contributed by atoms with Gasteiger partial charge in [-0.2, -0.15) is 13.2 Å². The van der Waals surface area contributed by atoms with Gasteiger partial charge in [-0.1, -0.05) is 54.6 Å². The zero-order chi connectivity index (χ0) is 18.6. The molecule has 0 amide bonds. The van der Waals surface area contributed by atoms with E-state index in [1.54, 1.807) is 6.07 Å². The minimum absolute atomic E-state index is 0.00572. The van der Waals surface area contributed by atoms with Crippen molar-refractivity contribution in [1.82, 2.24) is 0 Å². The quantitative estimate of drug-likeness (QED) is 0.442. The Morgan fingerprint density at radius 2 is 1.48 bits per heavy atom. The van der Waals surface area contributed by atoms with Gasteiger partial charge < -0.3 is 4.74 Å². The maximum Gasteiger partial charge on any atom is 0.490 e. The third-order valence-electron chi connectivity index (χ3n) is 3.50. The standard InChI is InChI=1S/C18H14F4O3/c1-11(23)12-7-9-13(10-8-12)15(19)16(14-5-3-2-4-6-14)25-17(24)18(20,21)22/h2-10,15-16H,1H3/t15-,16-/m1/s1. The van der Waals surface area contributed by atoms with Crippen LogP contribution in [0, 0.1) is 0 Å². The molecule has 2 rings (SSSR count). The Balaban J connectivity index is 2.34. The minimum Gasteiger partial charge on any atom is -0.447 e. The molecule has 0 aliphatic carbocycles. The summed E-state index contributed by atoms with van der Waals surface area (Å²) in [5, 5.41) is 0. The summed E-state index contributed by atoms with van der Waals surface area (Å²) in [5.74, 6) is -2.70. The van der Waals surface area contributed by atoms with Gasteiger partial charge in [-0.3, -0.25) is 4.79 Å². The molecule has 2 aromatic carbocycles. The average Bonchev–Trinajstić information content (AvgIpc) is 2.58. The maximum absolute atomic E-state index is 14.8. The Bertz CT molecular complexity index is 739. The molecule has 0 fully saturated rings. The molecule has 0 aliphatic rings. The molecule has 0 radical (unpaired) electrons. The average molecular weight is 354 g/mol. The van der Waals surface area contributed by atoms with E-state index in [1.807, 2.05) is 0 Å². The van der Waals surface area contributed by atoms with Crippen molar-refractivity contribution in [2.45, 2.75) is 25.4 Å². The number of carbonyl (C=O) groups excluding carboxylic acids is 2. The summed E-state index contributed by atoms with van der Waals surface area (Å²) in [6, 6.07) is 12.6. The van der Waals surface area contributed by atoms with Gasteiger partial charge in [0, 0.05) is 5.56 Å². The summed E-state index contributed by atoms with van der Waals surface area (Å²) in [7, 11) is 0.